The van der Waals surface area contributed by atoms with Gasteiger partial charge in [-0.15, -0.1) is 0 Å². The molecule has 0 aliphatic carbocycles. The topological polar surface area (TPSA) is 96.6 Å². The van der Waals surface area contributed by atoms with Gasteiger partial charge in [-0.1, -0.05) is 0 Å². The number of rotatable bonds is 4. The van der Waals surface area contributed by atoms with Gasteiger partial charge in [-0.3, -0.25) is 4.72 Å². The van der Waals surface area contributed by atoms with Crippen LogP contribution in [0.15, 0.2) is 42.7 Å². The van der Waals surface area contributed by atoms with E-state index >= 15 is 0 Å². The van der Waals surface area contributed by atoms with Crippen LogP contribution in [0, 0.1) is 5.82 Å². The predicted octanol–water partition coefficient (Wildman–Crippen LogP) is 3.44. The molecule has 2 N–H and O–H groups in total. The molecule has 6 nitrogen and oxygen atoms in total. The fourth-order valence-electron chi connectivity index (χ4n) is 1.41. The largest absolute Gasteiger partial charge is 0.475 e. The minimum absolute atomic E-state index is 0.0985. The number of aromatic carboxylic acids is 1. The first-order chi connectivity index (χ1) is 9.70. The molecule has 1 aromatic heterocycles. The summed E-state index contributed by atoms with van der Waals surface area (Å²) in [4.78, 5) is 10.4. The van der Waals surface area contributed by atoms with E-state index in [0.29, 0.717) is 0 Å². The smallest absolute Gasteiger partial charge is 0.371 e. The first kappa shape index (κ1) is 16.0. The maximum atomic E-state index is 13.0. The molecule has 0 saturated heterocycles. The third-order valence-corrected chi connectivity index (χ3v) is 5.21. The zero-order chi connectivity index (χ0) is 15.8. The Morgan fingerprint density at radius 3 is 2.48 bits per heavy atom. The number of benzene rings is 1. The summed E-state index contributed by atoms with van der Waals surface area (Å²) in [6, 6.07) is 4.26. The Kier molecular flexibility index (Phi) is 4.40. The molecule has 112 valence electrons. The minimum atomic E-state index is -4.10. The summed E-state index contributed by atoms with van der Waals surface area (Å²) >= 11 is 5.87. The van der Waals surface area contributed by atoms with E-state index < -0.39 is 27.6 Å². The fourth-order valence-corrected chi connectivity index (χ4v) is 4.01. The molecule has 2 aromatic rings. The Morgan fingerprint density at radius 1 is 1.29 bits per heavy atom. The third-order valence-electron chi connectivity index (χ3n) is 2.33. The molecule has 1 heterocycles. The average molecular weight is 443 g/mol. The van der Waals surface area contributed by atoms with Crippen molar-refractivity contribution in [1.29, 1.82) is 0 Å². The number of anilines is 1. The summed E-state index contributed by atoms with van der Waals surface area (Å²) in [7, 11) is -4.10. The van der Waals surface area contributed by atoms with Crippen LogP contribution < -0.4 is 4.72 Å². The molecular weight excluding hydrogens is 437 g/mol. The Bertz CT molecular complexity index is 818. The average Bonchev–Trinajstić information content (AvgIpc) is 2.76. The quantitative estimate of drug-likeness (QED) is 0.755. The van der Waals surface area contributed by atoms with Gasteiger partial charge < -0.3 is 9.52 Å². The number of hydrogen-bond acceptors (Lipinski definition) is 4. The summed E-state index contributed by atoms with van der Waals surface area (Å²) in [6.07, 6.45) is 0. The van der Waals surface area contributed by atoms with E-state index in [0.717, 1.165) is 18.2 Å². The van der Waals surface area contributed by atoms with Crippen molar-refractivity contribution < 1.29 is 27.1 Å². The molecule has 0 spiro atoms. The number of furan rings is 1. The van der Waals surface area contributed by atoms with Crippen molar-refractivity contribution in [2.75, 3.05) is 4.72 Å². The molecule has 2 rings (SSSR count). The highest BCUT2D eigenvalue weighted by atomic mass is 79.9. The first-order valence-electron chi connectivity index (χ1n) is 5.21. The van der Waals surface area contributed by atoms with Crippen LogP contribution in [-0.2, 0) is 10.0 Å². The second-order valence-corrected chi connectivity index (χ2v) is 7.01. The number of carbonyl (C=O) groups is 1. The van der Waals surface area contributed by atoms with Gasteiger partial charge in [-0.05, 0) is 50.1 Å². The maximum absolute atomic E-state index is 13.0. The fraction of sp³-hybridized carbons (Fsp3) is 0. The van der Waals surface area contributed by atoms with Crippen molar-refractivity contribution in [3.8, 4) is 0 Å². The molecule has 0 unspecified atom stereocenters. The molecule has 0 radical (unpaired) electrons. The van der Waals surface area contributed by atoms with Gasteiger partial charge in [0, 0.05) is 10.5 Å². The monoisotopic (exact) mass is 441 g/mol. The van der Waals surface area contributed by atoms with Crippen LogP contribution in [0.3, 0.4) is 0 Å². The standard InChI is InChI=1S/C11H6Br2FNO5S/c12-6-3-5(14)1-2-7(6)15-21(18,19)9-4-8(11(16)17)20-10(9)13/h1-4,15H,(H,16,17). The van der Waals surface area contributed by atoms with Gasteiger partial charge in [0.1, 0.15) is 10.7 Å². The Labute approximate surface area is 135 Å². The molecule has 0 bridgehead atoms. The molecule has 0 saturated carbocycles. The van der Waals surface area contributed by atoms with Crippen LogP contribution >= 0.6 is 31.9 Å². The van der Waals surface area contributed by atoms with Crippen molar-refractivity contribution in [3.05, 3.63) is 45.0 Å². The van der Waals surface area contributed by atoms with Gasteiger partial charge in [-0.25, -0.2) is 17.6 Å². The van der Waals surface area contributed by atoms with Crippen molar-refractivity contribution in [2.45, 2.75) is 4.90 Å². The van der Waals surface area contributed by atoms with Crippen LogP contribution in [0.2, 0.25) is 0 Å². The second-order valence-electron chi connectivity index (χ2n) is 3.78. The van der Waals surface area contributed by atoms with E-state index in [9.17, 15) is 17.6 Å². The summed E-state index contributed by atoms with van der Waals surface area (Å²) in [5.74, 6) is -2.47. The van der Waals surface area contributed by atoms with E-state index in [2.05, 4.69) is 36.6 Å². The summed E-state index contributed by atoms with van der Waals surface area (Å²) in [6.45, 7) is 0. The van der Waals surface area contributed by atoms with Gasteiger partial charge in [-0.2, -0.15) is 0 Å². The molecular formula is C11H6Br2FNO5S. The van der Waals surface area contributed by atoms with E-state index in [1.165, 1.54) is 6.07 Å². The van der Waals surface area contributed by atoms with Crippen molar-refractivity contribution in [3.63, 3.8) is 0 Å². The number of carboxylic acids is 1. The number of sulfonamides is 1. The Hall–Kier alpha value is -1.39. The predicted molar refractivity (Wildman–Crippen MR) is 78.3 cm³/mol. The van der Waals surface area contributed by atoms with E-state index in [1.807, 2.05) is 0 Å². The normalized spacial score (nSPS) is 11.4. The number of hydrogen-bond donors (Lipinski definition) is 2. The van der Waals surface area contributed by atoms with E-state index in [4.69, 9.17) is 9.52 Å². The highest BCUT2D eigenvalue weighted by Gasteiger charge is 2.25. The molecule has 10 heteroatoms. The lowest BCUT2D eigenvalue weighted by atomic mass is 10.3. The van der Waals surface area contributed by atoms with E-state index in [-0.39, 0.29) is 19.7 Å². The van der Waals surface area contributed by atoms with Crippen molar-refractivity contribution in [1.82, 2.24) is 0 Å². The first-order valence-corrected chi connectivity index (χ1v) is 8.28. The van der Waals surface area contributed by atoms with Gasteiger partial charge in [0.15, 0.2) is 4.67 Å². The molecule has 0 aliphatic heterocycles. The summed E-state index contributed by atoms with van der Waals surface area (Å²) < 4.78 is 44.3. The van der Waals surface area contributed by atoms with Crippen LogP contribution in [0.25, 0.3) is 0 Å². The van der Waals surface area contributed by atoms with Crippen LogP contribution in [0.5, 0.6) is 0 Å². The van der Waals surface area contributed by atoms with Gasteiger partial charge in [0.25, 0.3) is 10.0 Å². The minimum Gasteiger partial charge on any atom is -0.475 e. The van der Waals surface area contributed by atoms with Gasteiger partial charge >= 0.3 is 5.97 Å². The van der Waals surface area contributed by atoms with Crippen LogP contribution in [0.4, 0.5) is 10.1 Å². The Morgan fingerprint density at radius 2 is 1.95 bits per heavy atom. The molecule has 0 amide bonds. The van der Waals surface area contributed by atoms with Crippen molar-refractivity contribution >= 4 is 53.5 Å². The number of nitrogens with one attached hydrogen (secondary N) is 1. The van der Waals surface area contributed by atoms with E-state index in [1.54, 1.807) is 0 Å². The van der Waals surface area contributed by atoms with Gasteiger partial charge in [0.2, 0.25) is 5.76 Å². The number of halogens is 3. The lowest BCUT2D eigenvalue weighted by Gasteiger charge is -2.08. The molecule has 1 aromatic carbocycles. The highest BCUT2D eigenvalue weighted by Crippen LogP contribution is 2.30. The van der Waals surface area contributed by atoms with Crippen LogP contribution in [0.1, 0.15) is 10.6 Å². The maximum Gasteiger partial charge on any atom is 0.371 e. The molecule has 0 fully saturated rings. The van der Waals surface area contributed by atoms with Crippen molar-refractivity contribution in [2.24, 2.45) is 0 Å². The van der Waals surface area contributed by atoms with Crippen LogP contribution in [-0.4, -0.2) is 19.5 Å². The molecule has 0 atom stereocenters. The Balaban J connectivity index is 2.41. The summed E-state index contributed by atoms with van der Waals surface area (Å²) in [5, 5.41) is 8.77. The zero-order valence-corrected chi connectivity index (χ0v) is 13.9. The SMILES string of the molecule is O=C(O)c1cc(S(=O)(=O)Nc2ccc(F)cc2Br)c(Br)o1. The lowest BCUT2D eigenvalue weighted by molar-refractivity contribution is 0.0661. The lowest BCUT2D eigenvalue weighted by Crippen LogP contribution is -2.13. The molecule has 0 aliphatic rings. The highest BCUT2D eigenvalue weighted by molar-refractivity contribution is 9.10. The second kappa shape index (κ2) is 5.78. The van der Waals surface area contributed by atoms with Gasteiger partial charge in [0.05, 0.1) is 5.69 Å². The molecule has 21 heavy (non-hydrogen) atoms. The zero-order valence-electron chi connectivity index (χ0n) is 9.93. The number of carboxylic acid groups (broad SMARTS) is 1. The third kappa shape index (κ3) is 3.44. The summed E-state index contributed by atoms with van der Waals surface area (Å²) in [5.41, 5.74) is 0.0985.